The molecule has 148 valence electrons. The molecule has 0 spiro atoms. The van der Waals surface area contributed by atoms with Crippen LogP contribution in [0.1, 0.15) is 65.3 Å². The van der Waals surface area contributed by atoms with Crippen molar-refractivity contribution in [2.75, 3.05) is 27.2 Å². The molecule has 1 heterocycles. The number of nitrogens with zero attached hydrogens (tertiary/aromatic N) is 1. The van der Waals surface area contributed by atoms with Crippen molar-refractivity contribution in [2.24, 2.45) is 11.8 Å². The van der Waals surface area contributed by atoms with Crippen LogP contribution < -0.4 is 9.47 Å². The zero-order chi connectivity index (χ0) is 35.6. The molecule has 2 aromatic carbocycles. The minimum absolute atomic E-state index is 0.443. The van der Waals surface area contributed by atoms with Gasteiger partial charge < -0.3 is 9.47 Å². The molecule has 1 aliphatic carbocycles. The summed E-state index contributed by atoms with van der Waals surface area (Å²) in [4.78, 5) is 13.6. The largest absolute Gasteiger partial charge is 0.493 e. The fourth-order valence-corrected chi connectivity index (χ4v) is 2.58. The molecule has 1 unspecified atom stereocenters. The quantitative estimate of drug-likeness (QED) is 0.726. The van der Waals surface area contributed by atoms with E-state index in [9.17, 15) is 4.79 Å². The van der Waals surface area contributed by atoms with Crippen LogP contribution in [0.5, 0.6) is 11.5 Å². The first-order chi connectivity index (χ1) is 20.6. The second-order valence-electron chi connectivity index (χ2n) is 5.68. The van der Waals surface area contributed by atoms with E-state index in [1.165, 1.54) is 18.2 Å². The summed E-state index contributed by atoms with van der Waals surface area (Å²) in [7, 11) is 2.02. The third-order valence-electron chi connectivity index (χ3n) is 3.90. The number of Topliss-reactive ketones (excluding diaryl/α,β-unsaturated/α-hetero) is 1. The molecule has 28 heavy (non-hydrogen) atoms. The fourth-order valence-electron chi connectivity index (χ4n) is 2.58. The zero-order valence-electron chi connectivity index (χ0n) is 33.1. The van der Waals surface area contributed by atoms with Crippen LogP contribution in [0.4, 0.5) is 0 Å². The average molecular weight is 398 g/mol. The van der Waals surface area contributed by atoms with Gasteiger partial charge in [-0.1, -0.05) is 30.3 Å². The molecule has 0 aromatic heterocycles. The Balaban J connectivity index is 2.08. The van der Waals surface area contributed by atoms with Crippen molar-refractivity contribution < 1.29 is 38.9 Å². The van der Waals surface area contributed by atoms with Crippen LogP contribution in [0.15, 0.2) is 42.4 Å². The molecule has 0 saturated carbocycles. The second kappa shape index (κ2) is 8.36. The van der Waals surface area contributed by atoms with E-state index in [0.717, 1.165) is 26.4 Å². The lowest BCUT2D eigenvalue weighted by Gasteiger charge is -2.32. The van der Waals surface area contributed by atoms with Crippen molar-refractivity contribution in [1.29, 1.82) is 0 Å². The van der Waals surface area contributed by atoms with E-state index in [1.54, 1.807) is 0 Å². The minimum atomic E-state index is -4.56. The number of benzene rings is 2. The van der Waals surface area contributed by atoms with Gasteiger partial charge in [-0.25, -0.2) is 0 Å². The smallest absolute Gasteiger partial charge is 0.166 e. The average Bonchev–Trinajstić information content (AvgIpc) is 3.11. The van der Waals surface area contributed by atoms with E-state index in [-0.39, 0.29) is 0 Å². The van der Waals surface area contributed by atoms with Crippen LogP contribution in [0.25, 0.3) is 0 Å². The number of rotatable bonds is 6. The number of likely N-dealkylation sites (tertiary alicyclic amines) is 1. The Hall–Kier alpha value is -2.33. The Labute approximate surface area is 192 Å². The molecule has 4 heteroatoms. The number of carbonyl (C=O) groups excluding carboxylic acids is 1. The highest BCUT2D eigenvalue weighted by molar-refractivity contribution is 6.02. The number of carbonyl (C=O) groups is 1. The maximum Gasteiger partial charge on any atom is 0.166 e. The van der Waals surface area contributed by atoms with E-state index in [0.29, 0.717) is 0 Å². The zero-order valence-corrected chi connectivity index (χ0v) is 15.1. The normalized spacial score (nSPS) is 43.4. The Morgan fingerprint density at radius 1 is 1.18 bits per heavy atom. The number of hydrogen-bond donors (Lipinski definition) is 0. The van der Waals surface area contributed by atoms with Crippen molar-refractivity contribution in [3.8, 4) is 11.5 Å². The molecule has 2 aromatic rings. The Morgan fingerprint density at radius 3 is 2.54 bits per heavy atom. The van der Waals surface area contributed by atoms with Crippen molar-refractivity contribution in [3.05, 3.63) is 59.1 Å². The van der Waals surface area contributed by atoms with Gasteiger partial charge in [0.1, 0.15) is 0 Å². The number of ketones is 1. The minimum Gasteiger partial charge on any atom is -0.493 e. The SMILES string of the molecule is [2H]c1c(OC)c(OC)c([2H])c2c1C(=O)C([2H])(C([2H])([2H])C1([2H])C([2H])([2H])C([2H])([2H])N(C([2H])([2H])c3ccccc3)C([2H])([2H])C1([2H])[2H])C2([2H])[2H]. The third-order valence-corrected chi connectivity index (χ3v) is 3.90. The summed E-state index contributed by atoms with van der Waals surface area (Å²) in [5.74, 6) is -11.9. The molecule has 1 saturated heterocycles. The molecule has 1 atom stereocenters. The van der Waals surface area contributed by atoms with Gasteiger partial charge in [-0.2, -0.15) is 0 Å². The molecule has 2 aliphatic rings. The molecule has 0 amide bonds. The molecule has 0 bridgehead atoms. The Bertz CT molecular complexity index is 1570. The van der Waals surface area contributed by atoms with Crippen LogP contribution in [0, 0.1) is 11.8 Å². The second-order valence-corrected chi connectivity index (χ2v) is 5.68. The van der Waals surface area contributed by atoms with E-state index in [4.69, 9.17) is 34.1 Å². The van der Waals surface area contributed by atoms with Gasteiger partial charge in [-0.3, -0.25) is 9.69 Å². The molecule has 4 rings (SSSR count). The van der Waals surface area contributed by atoms with Gasteiger partial charge in [0.15, 0.2) is 17.3 Å². The summed E-state index contributed by atoms with van der Waals surface area (Å²) in [5, 5.41) is 0. The molecule has 1 fully saturated rings. The maximum atomic E-state index is 14.0. The van der Waals surface area contributed by atoms with E-state index in [2.05, 4.69) is 0 Å². The summed E-state index contributed by atoms with van der Waals surface area (Å²) >= 11 is 0. The predicted octanol–water partition coefficient (Wildman–Crippen LogP) is 4.36. The first-order valence-corrected chi connectivity index (χ1v) is 8.26. The highest BCUT2D eigenvalue weighted by Crippen LogP contribution is 2.39. The van der Waals surface area contributed by atoms with E-state index in [1.807, 2.05) is 0 Å². The van der Waals surface area contributed by atoms with Crippen molar-refractivity contribution in [2.45, 2.75) is 32.0 Å². The lowest BCUT2D eigenvalue weighted by molar-refractivity contribution is 0.0895. The van der Waals surface area contributed by atoms with Crippen LogP contribution >= 0.6 is 0 Å². The Kier molecular flexibility index (Phi) is 2.14. The molecule has 4 nitrogen and oxygen atoms in total. The first-order valence-electron chi connectivity index (χ1n) is 17.3. The van der Waals surface area contributed by atoms with Crippen molar-refractivity contribution >= 4 is 5.78 Å². The number of hydrogen-bond acceptors (Lipinski definition) is 4. The predicted molar refractivity (Wildman–Crippen MR) is 110 cm³/mol. The molecule has 0 N–H and O–H groups in total. The molecular weight excluding hydrogens is 350 g/mol. The number of ether oxygens (including phenoxy) is 2. The molecular formula is C24H29NO3. The van der Waals surface area contributed by atoms with Crippen LogP contribution in [-0.2, 0) is 12.9 Å². The van der Waals surface area contributed by atoms with Gasteiger partial charge in [0.25, 0.3) is 0 Å². The topological polar surface area (TPSA) is 38.8 Å². The highest BCUT2D eigenvalue weighted by Gasteiger charge is 2.34. The summed E-state index contributed by atoms with van der Waals surface area (Å²) in [5.41, 5.74) is -2.63. The van der Waals surface area contributed by atoms with Gasteiger partial charge >= 0.3 is 0 Å². The van der Waals surface area contributed by atoms with Crippen LogP contribution in [-0.4, -0.2) is 37.9 Å². The fraction of sp³-hybridized carbons (Fsp3) is 0.458. The summed E-state index contributed by atoms with van der Waals surface area (Å²) in [6.07, 6.45) is -17.1. The number of methoxy groups -OCH3 is 2. The lowest BCUT2D eigenvalue weighted by atomic mass is 9.85. The van der Waals surface area contributed by atoms with Gasteiger partial charge in [-0.05, 0) is 67.6 Å². The Morgan fingerprint density at radius 2 is 1.86 bits per heavy atom. The number of fused-ring (bicyclic) bond motifs is 1. The standard InChI is InChI=1S/C24H29NO3/c1-27-22-14-19-13-20(24(26)21(19)15-23(22)28-2)12-17-8-10-25(11-9-17)16-18-6-4-3-5-7-18/h3-7,14-15,17,20H,8-13,16H2,1-2H3/i8D2,9D2,10D2,11D2,12D2,13D2,14D,15D,16D2,17D,20D. The van der Waals surface area contributed by atoms with Crippen LogP contribution in [0.3, 0.4) is 0 Å². The number of piperidine rings is 1. The summed E-state index contributed by atoms with van der Waals surface area (Å²) < 4.78 is 168. The first kappa shape index (κ1) is 7.17. The third kappa shape index (κ3) is 3.93. The van der Waals surface area contributed by atoms with Crippen LogP contribution in [0.2, 0.25) is 0 Å². The van der Waals surface area contributed by atoms with Gasteiger partial charge in [0.2, 0.25) is 0 Å². The summed E-state index contributed by atoms with van der Waals surface area (Å²) in [6, 6.07) is 4.25. The van der Waals surface area contributed by atoms with E-state index >= 15 is 0 Å². The monoisotopic (exact) mass is 397 g/mol. The maximum absolute atomic E-state index is 14.0. The highest BCUT2D eigenvalue weighted by atomic mass is 16.5. The molecule has 0 radical (unpaired) electrons. The molecule has 1 aliphatic heterocycles. The van der Waals surface area contributed by atoms with Crippen molar-refractivity contribution in [1.82, 2.24) is 4.90 Å². The van der Waals surface area contributed by atoms with E-state index < -0.39 is 108 Å². The lowest BCUT2D eigenvalue weighted by Crippen LogP contribution is -2.34. The van der Waals surface area contributed by atoms with Gasteiger partial charge in [-0.15, -0.1) is 0 Å². The summed E-state index contributed by atoms with van der Waals surface area (Å²) in [6.45, 7) is -11.6. The van der Waals surface area contributed by atoms with Gasteiger partial charge in [0.05, 0.1) is 17.0 Å². The van der Waals surface area contributed by atoms with Crippen molar-refractivity contribution in [3.63, 3.8) is 0 Å². The van der Waals surface area contributed by atoms with Gasteiger partial charge in [0, 0.05) is 39.9 Å².